The Morgan fingerprint density at radius 3 is 2.50 bits per heavy atom. The predicted octanol–water partition coefficient (Wildman–Crippen LogP) is 5.00. The Morgan fingerprint density at radius 2 is 1.83 bits per heavy atom. The maximum atomic E-state index is 12.1. The molecule has 0 spiro atoms. The zero-order valence-corrected chi connectivity index (χ0v) is 14.7. The van der Waals surface area contributed by atoms with Gasteiger partial charge in [-0.05, 0) is 42.8 Å². The summed E-state index contributed by atoms with van der Waals surface area (Å²) in [5.74, 6) is 0.386. The molecule has 4 nitrogen and oxygen atoms in total. The highest BCUT2D eigenvalue weighted by atomic mass is 35.5. The summed E-state index contributed by atoms with van der Waals surface area (Å²) in [7, 11) is 0. The van der Waals surface area contributed by atoms with Crippen LogP contribution in [0.4, 0.5) is 11.4 Å². The van der Waals surface area contributed by atoms with Gasteiger partial charge in [-0.2, -0.15) is 0 Å². The van der Waals surface area contributed by atoms with Gasteiger partial charge in [0.2, 0.25) is 5.91 Å². The fraction of sp³-hybridized carbons (Fsp3) is 0.167. The van der Waals surface area contributed by atoms with E-state index in [1.807, 2.05) is 19.1 Å². The Labute approximate surface area is 151 Å². The molecule has 1 amide bonds. The predicted molar refractivity (Wildman–Crippen MR) is 100 cm³/mol. The van der Waals surface area contributed by atoms with E-state index in [9.17, 15) is 4.79 Å². The topological polar surface area (TPSA) is 50.4 Å². The molecule has 0 atom stereocenters. The molecule has 2 aromatic rings. The van der Waals surface area contributed by atoms with Gasteiger partial charge in [-0.25, -0.2) is 0 Å². The van der Waals surface area contributed by atoms with Gasteiger partial charge in [-0.15, -0.1) is 0 Å². The Bertz CT molecular complexity index is 727. The highest BCUT2D eigenvalue weighted by Gasteiger charge is 2.08. The van der Waals surface area contributed by atoms with Crippen LogP contribution in [-0.4, -0.2) is 19.1 Å². The SMILES string of the molecule is C=C(C)COc1ccccc1NC(=O)CNc1cc(Cl)cc(Cl)c1. The molecule has 0 radical (unpaired) electrons. The van der Waals surface area contributed by atoms with E-state index in [2.05, 4.69) is 17.2 Å². The summed E-state index contributed by atoms with van der Waals surface area (Å²) in [6.45, 7) is 6.14. The Morgan fingerprint density at radius 1 is 1.17 bits per heavy atom. The number of hydrogen-bond acceptors (Lipinski definition) is 3. The fourth-order valence-corrected chi connectivity index (χ4v) is 2.46. The average Bonchev–Trinajstić information content (AvgIpc) is 2.51. The zero-order valence-electron chi connectivity index (χ0n) is 13.2. The van der Waals surface area contributed by atoms with Crippen LogP contribution in [0.3, 0.4) is 0 Å². The lowest BCUT2D eigenvalue weighted by Gasteiger charge is -2.13. The lowest BCUT2D eigenvalue weighted by atomic mass is 10.3. The number of anilines is 2. The molecule has 6 heteroatoms. The summed E-state index contributed by atoms with van der Waals surface area (Å²) in [6, 6.07) is 12.3. The van der Waals surface area contributed by atoms with Gasteiger partial charge in [0.15, 0.2) is 0 Å². The van der Waals surface area contributed by atoms with Crippen molar-refractivity contribution in [3.63, 3.8) is 0 Å². The molecule has 0 aliphatic heterocycles. The molecule has 2 rings (SSSR count). The first kappa shape index (κ1) is 18.2. The second-order valence-electron chi connectivity index (χ2n) is 5.30. The quantitative estimate of drug-likeness (QED) is 0.679. The van der Waals surface area contributed by atoms with E-state index in [-0.39, 0.29) is 12.5 Å². The van der Waals surface area contributed by atoms with Crippen LogP contribution < -0.4 is 15.4 Å². The van der Waals surface area contributed by atoms with Crippen LogP contribution in [0.1, 0.15) is 6.92 Å². The molecule has 0 fully saturated rings. The van der Waals surface area contributed by atoms with Crippen molar-refractivity contribution in [2.24, 2.45) is 0 Å². The van der Waals surface area contributed by atoms with Crippen LogP contribution in [0, 0.1) is 0 Å². The van der Waals surface area contributed by atoms with Gasteiger partial charge in [0.1, 0.15) is 12.4 Å². The minimum atomic E-state index is -0.211. The number of hydrogen-bond donors (Lipinski definition) is 2. The van der Waals surface area contributed by atoms with Gasteiger partial charge >= 0.3 is 0 Å². The zero-order chi connectivity index (χ0) is 17.5. The molecule has 0 saturated carbocycles. The first-order valence-corrected chi connectivity index (χ1v) is 8.05. The second kappa shape index (κ2) is 8.62. The highest BCUT2D eigenvalue weighted by Crippen LogP contribution is 2.25. The molecule has 0 aromatic heterocycles. The van der Waals surface area contributed by atoms with Crippen LogP contribution in [0.2, 0.25) is 10.0 Å². The Hall–Kier alpha value is -2.17. The second-order valence-corrected chi connectivity index (χ2v) is 6.17. The number of rotatable bonds is 7. The van der Waals surface area contributed by atoms with Crippen LogP contribution in [0.5, 0.6) is 5.75 Å². The third-order valence-corrected chi connectivity index (χ3v) is 3.39. The number of para-hydroxylation sites is 2. The summed E-state index contributed by atoms with van der Waals surface area (Å²) in [5, 5.41) is 6.80. The molecule has 0 aliphatic rings. The lowest BCUT2D eigenvalue weighted by molar-refractivity contribution is -0.114. The van der Waals surface area contributed by atoms with Gasteiger partial charge in [0.25, 0.3) is 0 Å². The van der Waals surface area contributed by atoms with Crippen molar-refractivity contribution in [3.05, 3.63) is 64.7 Å². The van der Waals surface area contributed by atoms with Gasteiger partial charge in [-0.3, -0.25) is 4.79 Å². The maximum absolute atomic E-state index is 12.1. The van der Waals surface area contributed by atoms with Gasteiger partial charge < -0.3 is 15.4 Å². The van der Waals surface area contributed by atoms with Crippen LogP contribution in [-0.2, 0) is 4.79 Å². The van der Waals surface area contributed by atoms with E-state index in [1.165, 1.54) is 0 Å². The normalized spacial score (nSPS) is 10.1. The van der Waals surface area contributed by atoms with Crippen molar-refractivity contribution in [1.29, 1.82) is 0 Å². The van der Waals surface area contributed by atoms with Crippen molar-refractivity contribution >= 4 is 40.5 Å². The van der Waals surface area contributed by atoms with Crippen molar-refractivity contribution in [2.45, 2.75) is 6.92 Å². The minimum absolute atomic E-state index is 0.0749. The van der Waals surface area contributed by atoms with Gasteiger partial charge in [0.05, 0.1) is 12.2 Å². The molecule has 0 aliphatic carbocycles. The molecule has 2 N–H and O–H groups in total. The molecule has 0 saturated heterocycles. The van der Waals surface area contributed by atoms with Crippen molar-refractivity contribution in [2.75, 3.05) is 23.8 Å². The van der Waals surface area contributed by atoms with E-state index in [0.29, 0.717) is 33.8 Å². The first-order valence-electron chi connectivity index (χ1n) is 7.30. The molecule has 126 valence electrons. The fourth-order valence-electron chi connectivity index (χ4n) is 1.93. The Kier molecular flexibility index (Phi) is 6.53. The first-order chi connectivity index (χ1) is 11.4. The van der Waals surface area contributed by atoms with E-state index >= 15 is 0 Å². The van der Waals surface area contributed by atoms with Crippen LogP contribution >= 0.6 is 23.2 Å². The molecule has 0 bridgehead atoms. The van der Waals surface area contributed by atoms with E-state index in [1.54, 1.807) is 30.3 Å². The molecular formula is C18H18Cl2N2O2. The third kappa shape index (κ3) is 5.80. The highest BCUT2D eigenvalue weighted by molar-refractivity contribution is 6.35. The molecular weight excluding hydrogens is 347 g/mol. The smallest absolute Gasteiger partial charge is 0.243 e. The third-order valence-electron chi connectivity index (χ3n) is 2.95. The maximum Gasteiger partial charge on any atom is 0.243 e. The van der Waals surface area contributed by atoms with Crippen LogP contribution in [0.25, 0.3) is 0 Å². The number of nitrogens with one attached hydrogen (secondary N) is 2. The summed E-state index contributed by atoms with van der Waals surface area (Å²) < 4.78 is 5.62. The van der Waals surface area contributed by atoms with Crippen molar-refractivity contribution in [1.82, 2.24) is 0 Å². The lowest BCUT2D eigenvalue weighted by Crippen LogP contribution is -2.22. The standard InChI is InChI=1S/C18H18Cl2N2O2/c1-12(2)11-24-17-6-4-3-5-16(17)22-18(23)10-21-15-8-13(19)7-14(20)9-15/h3-9,21H,1,10-11H2,2H3,(H,22,23). The Balaban J connectivity index is 1.96. The molecule has 0 unspecified atom stereocenters. The molecule has 2 aromatic carbocycles. The number of ether oxygens (including phenoxy) is 1. The van der Waals surface area contributed by atoms with Crippen LogP contribution in [0.15, 0.2) is 54.6 Å². The minimum Gasteiger partial charge on any atom is -0.487 e. The van der Waals surface area contributed by atoms with Crippen molar-refractivity contribution < 1.29 is 9.53 Å². The average molecular weight is 365 g/mol. The number of carbonyl (C=O) groups excluding carboxylic acids is 1. The summed E-state index contributed by atoms with van der Waals surface area (Å²) in [5.41, 5.74) is 2.18. The number of benzene rings is 2. The molecule has 24 heavy (non-hydrogen) atoms. The van der Waals surface area contributed by atoms with E-state index in [0.717, 1.165) is 5.57 Å². The summed E-state index contributed by atoms with van der Waals surface area (Å²) in [4.78, 5) is 12.1. The number of halogens is 2. The van der Waals surface area contributed by atoms with Crippen molar-refractivity contribution in [3.8, 4) is 5.75 Å². The monoisotopic (exact) mass is 364 g/mol. The van der Waals surface area contributed by atoms with Gasteiger partial charge in [-0.1, -0.05) is 41.9 Å². The van der Waals surface area contributed by atoms with E-state index < -0.39 is 0 Å². The summed E-state index contributed by atoms with van der Waals surface area (Å²) >= 11 is 11.9. The number of carbonyl (C=O) groups is 1. The largest absolute Gasteiger partial charge is 0.487 e. The number of amides is 1. The van der Waals surface area contributed by atoms with Gasteiger partial charge in [0, 0.05) is 15.7 Å². The summed E-state index contributed by atoms with van der Waals surface area (Å²) in [6.07, 6.45) is 0. The molecule has 0 heterocycles. The van der Waals surface area contributed by atoms with E-state index in [4.69, 9.17) is 27.9 Å².